The number of methoxy groups -OCH3 is 1. The lowest BCUT2D eigenvalue weighted by Crippen LogP contribution is -2.11. The summed E-state index contributed by atoms with van der Waals surface area (Å²) in [6, 6.07) is 4.09. The lowest BCUT2D eigenvalue weighted by molar-refractivity contribution is 0.0596. The zero-order valence-corrected chi connectivity index (χ0v) is 9.32. The van der Waals surface area contributed by atoms with Gasteiger partial charge in [-0.05, 0) is 12.1 Å². The smallest absolute Gasteiger partial charge is 0.339 e. The van der Waals surface area contributed by atoms with Gasteiger partial charge in [-0.3, -0.25) is 0 Å². The minimum Gasteiger partial charge on any atom is -0.465 e. The third kappa shape index (κ3) is 2.03. The van der Waals surface area contributed by atoms with Crippen molar-refractivity contribution < 1.29 is 17.9 Å². The van der Waals surface area contributed by atoms with Crippen LogP contribution < -0.4 is 5.73 Å². The first kappa shape index (κ1) is 12.2. The molecule has 0 aromatic heterocycles. The van der Waals surface area contributed by atoms with E-state index in [1.807, 2.05) is 0 Å². The number of nitrogens with zero attached hydrogens (tertiary/aromatic N) is 1. The first-order valence-corrected chi connectivity index (χ1v) is 5.58. The Balaban J connectivity index is 3.60. The fourth-order valence-electron chi connectivity index (χ4n) is 1.18. The maximum atomic E-state index is 11.5. The molecule has 0 bridgehead atoms. The van der Waals surface area contributed by atoms with E-state index in [9.17, 15) is 13.2 Å². The number of ether oxygens (including phenoxy) is 1. The Morgan fingerprint density at radius 3 is 2.62 bits per heavy atom. The molecule has 0 aliphatic carbocycles. The number of hydrogen-bond acceptors (Lipinski definition) is 5. The second-order valence-corrected chi connectivity index (χ2v) is 4.44. The number of carbonyl (C=O) groups excluding carboxylic acids is 1. The number of nitrogens with two attached hydrogens (primary N) is 1. The van der Waals surface area contributed by atoms with Gasteiger partial charge in [0.15, 0.2) is 0 Å². The second-order valence-electron chi connectivity index (χ2n) is 2.82. The lowest BCUT2D eigenvalue weighted by atomic mass is 10.2. The van der Waals surface area contributed by atoms with Crippen molar-refractivity contribution in [3.8, 4) is 0 Å². The van der Waals surface area contributed by atoms with Crippen molar-refractivity contribution in [2.45, 2.75) is 4.90 Å². The molecule has 16 heavy (non-hydrogen) atoms. The summed E-state index contributed by atoms with van der Waals surface area (Å²) in [5.74, 6) is -0.797. The Kier molecular flexibility index (Phi) is 3.28. The maximum Gasteiger partial charge on any atom is 0.339 e. The summed E-state index contributed by atoms with van der Waals surface area (Å²) in [7, 11) is -2.88. The van der Waals surface area contributed by atoms with Crippen molar-refractivity contribution in [3.05, 3.63) is 23.8 Å². The van der Waals surface area contributed by atoms with Gasteiger partial charge in [0.05, 0.1) is 18.4 Å². The molecule has 0 heterocycles. The van der Waals surface area contributed by atoms with Gasteiger partial charge in [-0.15, -0.1) is 0 Å². The predicted octanol–water partition coefficient (Wildman–Crippen LogP) is 0.445. The van der Waals surface area contributed by atoms with Crippen molar-refractivity contribution in [1.29, 1.82) is 0 Å². The van der Waals surface area contributed by atoms with Crippen LogP contribution in [0.1, 0.15) is 10.4 Å². The molecule has 0 radical (unpaired) electrons. The van der Waals surface area contributed by atoms with Crippen LogP contribution in [0.15, 0.2) is 27.5 Å². The van der Waals surface area contributed by atoms with Gasteiger partial charge in [0.25, 0.3) is 10.0 Å². The van der Waals surface area contributed by atoms with Gasteiger partial charge < -0.3 is 10.5 Å². The van der Waals surface area contributed by atoms with E-state index in [0.717, 1.165) is 7.11 Å². The lowest BCUT2D eigenvalue weighted by Gasteiger charge is -2.07. The van der Waals surface area contributed by atoms with Gasteiger partial charge in [-0.1, -0.05) is 6.07 Å². The number of rotatable bonds is 3. The van der Waals surface area contributed by atoms with Crippen LogP contribution in [0.25, 0.3) is 0 Å². The zero-order chi connectivity index (χ0) is 12.3. The minimum absolute atomic E-state index is 0.0738. The average Bonchev–Trinajstić information content (AvgIpc) is 2.27. The molecule has 2 N–H and O–H groups in total. The molecule has 86 valence electrons. The molecule has 1 aromatic carbocycles. The van der Waals surface area contributed by atoms with Crippen molar-refractivity contribution in [1.82, 2.24) is 0 Å². The highest BCUT2D eigenvalue weighted by atomic mass is 32.2. The normalized spacial score (nSPS) is 10.8. The maximum absolute atomic E-state index is 11.5. The molecular weight excluding hydrogens is 232 g/mol. The van der Waals surface area contributed by atoms with Gasteiger partial charge in [0.2, 0.25) is 0 Å². The van der Waals surface area contributed by atoms with Crippen molar-refractivity contribution in [2.75, 3.05) is 12.8 Å². The van der Waals surface area contributed by atoms with E-state index in [2.05, 4.69) is 15.9 Å². The molecule has 0 aliphatic rings. The topological polar surface area (TPSA) is 98.8 Å². The van der Waals surface area contributed by atoms with E-state index in [0.29, 0.717) is 0 Å². The first-order valence-electron chi connectivity index (χ1n) is 4.14. The molecular formula is C9H10N2O4S. The summed E-state index contributed by atoms with van der Waals surface area (Å²) in [5, 5.41) is 0. The summed E-state index contributed by atoms with van der Waals surface area (Å²) in [6.07, 6.45) is 0. The van der Waals surface area contributed by atoms with Crippen molar-refractivity contribution in [2.24, 2.45) is 4.40 Å². The molecule has 0 unspecified atom stereocenters. The zero-order valence-electron chi connectivity index (χ0n) is 8.50. The minimum atomic E-state index is -4.03. The Morgan fingerprint density at radius 2 is 2.12 bits per heavy atom. The highest BCUT2D eigenvalue weighted by molar-refractivity contribution is 7.90. The number of esters is 1. The molecule has 1 rings (SSSR count). The Bertz CT molecular complexity index is 536. The fraction of sp³-hybridized carbons (Fsp3) is 0.111. The monoisotopic (exact) mass is 242 g/mol. The molecule has 0 atom stereocenters. The van der Waals surface area contributed by atoms with Gasteiger partial charge >= 0.3 is 5.97 Å². The second kappa shape index (κ2) is 4.31. The average molecular weight is 242 g/mol. The van der Waals surface area contributed by atoms with Crippen molar-refractivity contribution >= 4 is 28.4 Å². The standard InChI is InChI=1S/C9H10N2O4S/c1-11-16(13,14)8-6(9(12)15-2)4-3-5-7(8)10/h3-5H,1,10H2,2H3. The van der Waals surface area contributed by atoms with E-state index < -0.39 is 16.0 Å². The Hall–Kier alpha value is -1.89. The van der Waals surface area contributed by atoms with Gasteiger partial charge in [0, 0.05) is 6.72 Å². The molecule has 6 nitrogen and oxygen atoms in total. The third-order valence-electron chi connectivity index (χ3n) is 1.88. The van der Waals surface area contributed by atoms with Crippen LogP contribution in [0.2, 0.25) is 0 Å². The molecule has 0 spiro atoms. The molecule has 0 saturated heterocycles. The van der Waals surface area contributed by atoms with E-state index in [1.54, 1.807) is 0 Å². The van der Waals surface area contributed by atoms with Crippen LogP contribution in [-0.4, -0.2) is 28.2 Å². The highest BCUT2D eigenvalue weighted by Gasteiger charge is 2.24. The summed E-state index contributed by atoms with van der Waals surface area (Å²) in [4.78, 5) is 11.0. The van der Waals surface area contributed by atoms with E-state index >= 15 is 0 Å². The van der Waals surface area contributed by atoms with Crippen LogP contribution in [0.4, 0.5) is 5.69 Å². The number of hydrogen-bond donors (Lipinski definition) is 1. The number of benzene rings is 1. The van der Waals surface area contributed by atoms with Gasteiger partial charge in [-0.25, -0.2) is 4.79 Å². The number of sulfonamides is 1. The molecule has 0 aliphatic heterocycles. The Morgan fingerprint density at radius 1 is 1.50 bits per heavy atom. The summed E-state index contributed by atoms with van der Waals surface area (Å²) >= 11 is 0. The summed E-state index contributed by atoms with van der Waals surface area (Å²) in [5.41, 5.74) is 5.27. The van der Waals surface area contributed by atoms with Crippen molar-refractivity contribution in [3.63, 3.8) is 0 Å². The van der Waals surface area contributed by atoms with Crippen LogP contribution in [0.5, 0.6) is 0 Å². The quantitative estimate of drug-likeness (QED) is 0.471. The molecule has 0 saturated carbocycles. The van der Waals surface area contributed by atoms with E-state index in [1.165, 1.54) is 18.2 Å². The van der Waals surface area contributed by atoms with Gasteiger partial charge in [-0.2, -0.15) is 12.8 Å². The highest BCUT2D eigenvalue weighted by Crippen LogP contribution is 2.25. The van der Waals surface area contributed by atoms with Gasteiger partial charge in [0.1, 0.15) is 4.90 Å². The van der Waals surface area contributed by atoms with Crippen LogP contribution in [0.3, 0.4) is 0 Å². The van der Waals surface area contributed by atoms with E-state index in [-0.39, 0.29) is 16.1 Å². The molecule has 0 amide bonds. The van der Waals surface area contributed by atoms with Crippen LogP contribution >= 0.6 is 0 Å². The van der Waals surface area contributed by atoms with Crippen LogP contribution in [0, 0.1) is 0 Å². The predicted molar refractivity (Wildman–Crippen MR) is 58.9 cm³/mol. The molecule has 1 aromatic rings. The molecule has 7 heteroatoms. The largest absolute Gasteiger partial charge is 0.465 e. The SMILES string of the molecule is C=NS(=O)(=O)c1c(N)cccc1C(=O)OC. The summed E-state index contributed by atoms with van der Waals surface area (Å²) < 4.78 is 30.5. The molecule has 0 fully saturated rings. The van der Waals surface area contributed by atoms with E-state index in [4.69, 9.17) is 5.73 Å². The first-order chi connectivity index (χ1) is 7.44. The Labute approximate surface area is 92.8 Å². The summed E-state index contributed by atoms with van der Waals surface area (Å²) in [6.45, 7) is 2.93. The number of anilines is 1. The third-order valence-corrected chi connectivity index (χ3v) is 3.19. The fourth-order valence-corrected chi connectivity index (χ4v) is 2.10. The van der Waals surface area contributed by atoms with Crippen LogP contribution in [-0.2, 0) is 14.8 Å². The number of nitrogen functional groups attached to an aromatic ring is 1. The number of carbonyl (C=O) groups is 1.